The molecule has 110 valence electrons. The third kappa shape index (κ3) is 1.33. The summed E-state index contributed by atoms with van der Waals surface area (Å²) in [6, 6.07) is 0.126. The van der Waals surface area contributed by atoms with Crippen LogP contribution in [0.1, 0.15) is 19.3 Å². The van der Waals surface area contributed by atoms with E-state index in [0.717, 1.165) is 25.8 Å². The zero-order valence-corrected chi connectivity index (χ0v) is 11.4. The summed E-state index contributed by atoms with van der Waals surface area (Å²) in [5.41, 5.74) is 6.13. The average Bonchev–Trinajstić information content (AvgIpc) is 2.64. The maximum Gasteiger partial charge on any atom is 0.407 e. The van der Waals surface area contributed by atoms with Crippen molar-refractivity contribution >= 4 is 12.1 Å². The van der Waals surface area contributed by atoms with Gasteiger partial charge in [-0.15, -0.1) is 0 Å². The Morgan fingerprint density at radius 1 is 1.30 bits per heavy atom. The Kier molecular flexibility index (Phi) is 2.19. The van der Waals surface area contributed by atoms with Crippen LogP contribution < -0.4 is 5.73 Å². The van der Waals surface area contributed by atoms with Crippen molar-refractivity contribution in [1.82, 2.24) is 14.7 Å². The fourth-order valence-corrected chi connectivity index (χ4v) is 4.72. The summed E-state index contributed by atoms with van der Waals surface area (Å²) in [5.74, 6) is 0. The number of hydrogen-bond acceptors (Lipinski definition) is 3. The summed E-state index contributed by atoms with van der Waals surface area (Å²) >= 11 is 0. The van der Waals surface area contributed by atoms with E-state index >= 15 is 0 Å². The first kappa shape index (κ1) is 12.3. The minimum Gasteiger partial charge on any atom is -0.465 e. The van der Waals surface area contributed by atoms with E-state index in [4.69, 9.17) is 10.8 Å². The van der Waals surface area contributed by atoms with Gasteiger partial charge in [0.15, 0.2) is 0 Å². The van der Waals surface area contributed by atoms with Gasteiger partial charge in [-0.05, 0) is 31.2 Å². The van der Waals surface area contributed by atoms with E-state index in [0.29, 0.717) is 31.6 Å². The normalized spacial score (nSPS) is 42.1. The second-order valence-corrected chi connectivity index (χ2v) is 6.93. The molecule has 20 heavy (non-hydrogen) atoms. The monoisotopic (exact) mass is 280 g/mol. The van der Waals surface area contributed by atoms with Gasteiger partial charge in [-0.3, -0.25) is 0 Å². The molecule has 0 unspecified atom stereocenters. The number of piperazine rings is 1. The zero-order chi connectivity index (χ0) is 14.1. The predicted molar refractivity (Wildman–Crippen MR) is 70.3 cm³/mol. The lowest BCUT2D eigenvalue weighted by Gasteiger charge is -2.73. The molecule has 0 aromatic heterocycles. The fourth-order valence-electron chi connectivity index (χ4n) is 4.72. The van der Waals surface area contributed by atoms with Gasteiger partial charge in [0.2, 0.25) is 0 Å². The largest absolute Gasteiger partial charge is 0.465 e. The molecular formula is C13H20N4O3. The lowest BCUT2D eigenvalue weighted by molar-refractivity contribution is -0.193. The Morgan fingerprint density at radius 3 is 2.60 bits per heavy atom. The molecule has 1 atom stereocenters. The van der Waals surface area contributed by atoms with E-state index < -0.39 is 6.09 Å². The van der Waals surface area contributed by atoms with Gasteiger partial charge >= 0.3 is 12.1 Å². The van der Waals surface area contributed by atoms with Gasteiger partial charge in [0, 0.05) is 31.7 Å². The molecule has 5 fully saturated rings. The number of carbonyl (C=O) groups is 2. The molecule has 2 aliphatic heterocycles. The van der Waals surface area contributed by atoms with E-state index in [1.54, 1.807) is 0 Å². The van der Waals surface area contributed by atoms with Crippen LogP contribution in [-0.2, 0) is 0 Å². The third-order valence-electron chi connectivity index (χ3n) is 5.74. The predicted octanol–water partition coefficient (Wildman–Crippen LogP) is -0.0324. The van der Waals surface area contributed by atoms with E-state index in [1.807, 2.05) is 9.80 Å². The molecule has 3 N–H and O–H groups in total. The molecule has 3 amide bonds. The quantitative estimate of drug-likeness (QED) is 0.743. The molecule has 0 spiro atoms. The van der Waals surface area contributed by atoms with Crippen LogP contribution in [0.25, 0.3) is 0 Å². The van der Waals surface area contributed by atoms with Crippen LogP contribution >= 0.6 is 0 Å². The summed E-state index contributed by atoms with van der Waals surface area (Å²) in [6.07, 6.45) is 2.21. The van der Waals surface area contributed by atoms with Gasteiger partial charge in [0.05, 0.1) is 6.04 Å². The van der Waals surface area contributed by atoms with Crippen LogP contribution in [0.4, 0.5) is 9.59 Å². The van der Waals surface area contributed by atoms with E-state index in [-0.39, 0.29) is 17.6 Å². The number of fused-ring (bicyclic) bond motifs is 1. The zero-order valence-electron chi connectivity index (χ0n) is 11.4. The van der Waals surface area contributed by atoms with Gasteiger partial charge in [-0.25, -0.2) is 9.59 Å². The van der Waals surface area contributed by atoms with Crippen molar-refractivity contribution in [2.75, 3.05) is 32.7 Å². The summed E-state index contributed by atoms with van der Waals surface area (Å²) in [6.45, 7) is 2.77. The molecule has 5 rings (SSSR count). The van der Waals surface area contributed by atoms with Crippen molar-refractivity contribution in [3.05, 3.63) is 0 Å². The van der Waals surface area contributed by atoms with Crippen molar-refractivity contribution in [3.8, 4) is 0 Å². The molecule has 0 radical (unpaired) electrons. The molecule has 2 heterocycles. The molecular weight excluding hydrogens is 260 g/mol. The number of urea groups is 1. The standard InChI is InChI=1S/C13H20N4O3/c14-8-12-5-13(6-12,7-12)17-4-9-3-15(11(19)20)1-2-16(9)10(17)18/h9H,1-8,14H2,(H,19,20)/t9-,12?,13?/m0/s1. The average molecular weight is 280 g/mol. The van der Waals surface area contributed by atoms with Crippen LogP contribution in [0.15, 0.2) is 0 Å². The van der Waals surface area contributed by atoms with Crippen LogP contribution in [0, 0.1) is 5.41 Å². The number of rotatable bonds is 2. The first-order chi connectivity index (χ1) is 9.49. The van der Waals surface area contributed by atoms with Crippen LogP contribution in [0.5, 0.6) is 0 Å². The molecule has 0 aromatic carbocycles. The van der Waals surface area contributed by atoms with E-state index in [2.05, 4.69) is 0 Å². The summed E-state index contributed by atoms with van der Waals surface area (Å²) in [5, 5.41) is 9.08. The van der Waals surface area contributed by atoms with Gasteiger partial charge < -0.3 is 25.5 Å². The highest BCUT2D eigenvalue weighted by Crippen LogP contribution is 2.69. The Hall–Kier alpha value is -1.50. The number of amides is 3. The summed E-state index contributed by atoms with van der Waals surface area (Å²) < 4.78 is 0. The topological polar surface area (TPSA) is 90.1 Å². The summed E-state index contributed by atoms with van der Waals surface area (Å²) in [4.78, 5) is 28.9. The molecule has 7 heteroatoms. The summed E-state index contributed by atoms with van der Waals surface area (Å²) in [7, 11) is 0. The number of nitrogens with two attached hydrogens (primary N) is 1. The first-order valence-electron chi connectivity index (χ1n) is 7.25. The number of nitrogens with zero attached hydrogens (tertiary/aromatic N) is 3. The Bertz CT molecular complexity index is 474. The second-order valence-electron chi connectivity index (χ2n) is 6.93. The molecule has 0 aromatic rings. The number of carboxylic acid groups (broad SMARTS) is 1. The Balaban J connectivity index is 1.47. The highest BCUT2D eigenvalue weighted by molar-refractivity contribution is 5.79. The highest BCUT2D eigenvalue weighted by Gasteiger charge is 2.71. The van der Waals surface area contributed by atoms with Gasteiger partial charge in [0.1, 0.15) is 0 Å². The molecule has 3 saturated carbocycles. The smallest absolute Gasteiger partial charge is 0.407 e. The molecule has 5 aliphatic rings. The van der Waals surface area contributed by atoms with Gasteiger partial charge in [0.25, 0.3) is 0 Å². The number of hydrogen-bond donors (Lipinski definition) is 2. The van der Waals surface area contributed by atoms with Crippen LogP contribution in [-0.4, -0.2) is 76.2 Å². The number of carbonyl (C=O) groups excluding carboxylic acids is 1. The van der Waals surface area contributed by atoms with Crippen molar-refractivity contribution in [2.24, 2.45) is 11.1 Å². The van der Waals surface area contributed by atoms with Crippen LogP contribution in [0.3, 0.4) is 0 Å². The second kappa shape index (κ2) is 3.58. The maximum absolute atomic E-state index is 12.5. The fraction of sp³-hybridized carbons (Fsp3) is 0.846. The minimum atomic E-state index is -0.886. The molecule has 3 aliphatic carbocycles. The molecule has 2 bridgehead atoms. The minimum absolute atomic E-state index is 0.0233. The Labute approximate surface area is 117 Å². The lowest BCUT2D eigenvalue weighted by Crippen LogP contribution is -2.76. The Morgan fingerprint density at radius 2 is 2.00 bits per heavy atom. The van der Waals surface area contributed by atoms with Gasteiger partial charge in [-0.2, -0.15) is 0 Å². The third-order valence-corrected chi connectivity index (χ3v) is 5.74. The van der Waals surface area contributed by atoms with Crippen molar-refractivity contribution in [2.45, 2.75) is 30.8 Å². The molecule has 2 saturated heterocycles. The van der Waals surface area contributed by atoms with Crippen molar-refractivity contribution < 1.29 is 14.7 Å². The SMILES string of the molecule is NCC12CC(N3C[C@@H]4CN(C(=O)O)CCN4C3=O)(C1)C2. The van der Waals surface area contributed by atoms with Gasteiger partial charge in [-0.1, -0.05) is 0 Å². The van der Waals surface area contributed by atoms with Crippen molar-refractivity contribution in [3.63, 3.8) is 0 Å². The van der Waals surface area contributed by atoms with E-state index in [1.165, 1.54) is 4.90 Å². The lowest BCUT2D eigenvalue weighted by atomic mass is 9.39. The van der Waals surface area contributed by atoms with Crippen molar-refractivity contribution in [1.29, 1.82) is 0 Å². The highest BCUT2D eigenvalue weighted by atomic mass is 16.4. The van der Waals surface area contributed by atoms with Crippen LogP contribution in [0.2, 0.25) is 0 Å². The first-order valence-corrected chi connectivity index (χ1v) is 7.25. The maximum atomic E-state index is 12.5. The van der Waals surface area contributed by atoms with E-state index in [9.17, 15) is 9.59 Å². The molecule has 7 nitrogen and oxygen atoms in total.